The van der Waals surface area contributed by atoms with E-state index in [1.54, 1.807) is 6.07 Å². The maximum absolute atomic E-state index is 13.9. The number of ether oxygens (including phenoxy) is 1. The minimum absolute atomic E-state index is 0.204. The van der Waals surface area contributed by atoms with E-state index in [-0.39, 0.29) is 5.82 Å². The van der Waals surface area contributed by atoms with Gasteiger partial charge in [-0.15, -0.1) is 0 Å². The van der Waals surface area contributed by atoms with Gasteiger partial charge < -0.3 is 10.1 Å². The van der Waals surface area contributed by atoms with Crippen LogP contribution in [0.25, 0.3) is 0 Å². The predicted octanol–water partition coefficient (Wildman–Crippen LogP) is 3.16. The van der Waals surface area contributed by atoms with Gasteiger partial charge in [0, 0.05) is 6.04 Å². The molecular weight excluding hydrogens is 229 g/mol. The summed E-state index contributed by atoms with van der Waals surface area (Å²) in [6.45, 7) is 3.36. The summed E-state index contributed by atoms with van der Waals surface area (Å²) in [5, 5.41) is 3.53. The number of aryl methyl sites for hydroxylation is 1. The van der Waals surface area contributed by atoms with Crippen LogP contribution in [0.3, 0.4) is 0 Å². The van der Waals surface area contributed by atoms with E-state index in [4.69, 9.17) is 4.74 Å². The molecule has 1 saturated heterocycles. The second-order valence-corrected chi connectivity index (χ2v) is 5.26. The molecule has 1 fully saturated rings. The summed E-state index contributed by atoms with van der Waals surface area (Å²) in [6, 6.07) is 5.91. The number of piperidine rings is 1. The van der Waals surface area contributed by atoms with E-state index in [1.165, 1.54) is 20.0 Å². The molecule has 3 heteroatoms. The number of nitrogens with one attached hydrogen (secondary N) is 1. The molecular formula is C15H22FNO. The van der Waals surface area contributed by atoms with E-state index in [2.05, 4.69) is 12.2 Å². The summed E-state index contributed by atoms with van der Waals surface area (Å²) >= 11 is 0. The SMILES string of the molecule is COc1cccc(CCC2CCC(C)CN2)c1F. The highest BCUT2D eigenvalue weighted by atomic mass is 19.1. The molecule has 2 rings (SSSR count). The maximum Gasteiger partial charge on any atom is 0.168 e. The van der Waals surface area contributed by atoms with Crippen molar-refractivity contribution in [3.05, 3.63) is 29.6 Å². The third kappa shape index (κ3) is 3.22. The van der Waals surface area contributed by atoms with Crippen LogP contribution in [0.1, 0.15) is 31.7 Å². The minimum Gasteiger partial charge on any atom is -0.494 e. The summed E-state index contributed by atoms with van der Waals surface area (Å²) in [5.41, 5.74) is 0.759. The highest BCUT2D eigenvalue weighted by molar-refractivity contribution is 5.31. The number of rotatable bonds is 4. The van der Waals surface area contributed by atoms with Crippen molar-refractivity contribution < 1.29 is 9.13 Å². The highest BCUT2D eigenvalue weighted by Crippen LogP contribution is 2.23. The number of halogens is 1. The van der Waals surface area contributed by atoms with Gasteiger partial charge in [0.25, 0.3) is 0 Å². The molecule has 0 aliphatic carbocycles. The van der Waals surface area contributed by atoms with Gasteiger partial charge in [-0.1, -0.05) is 19.1 Å². The summed E-state index contributed by atoms with van der Waals surface area (Å²) in [6.07, 6.45) is 4.25. The average molecular weight is 251 g/mol. The van der Waals surface area contributed by atoms with E-state index < -0.39 is 0 Å². The van der Waals surface area contributed by atoms with Crippen LogP contribution in [-0.4, -0.2) is 19.7 Å². The van der Waals surface area contributed by atoms with E-state index in [0.717, 1.165) is 30.9 Å². The Morgan fingerprint density at radius 3 is 2.89 bits per heavy atom. The summed E-state index contributed by atoms with van der Waals surface area (Å²) in [7, 11) is 1.51. The second-order valence-electron chi connectivity index (χ2n) is 5.26. The molecule has 18 heavy (non-hydrogen) atoms. The molecule has 0 spiro atoms. The Morgan fingerprint density at radius 1 is 1.39 bits per heavy atom. The Labute approximate surface area is 109 Å². The van der Waals surface area contributed by atoms with Gasteiger partial charge in [0.05, 0.1) is 7.11 Å². The molecule has 1 aliphatic rings. The first-order valence-electron chi connectivity index (χ1n) is 6.75. The molecule has 1 aliphatic heterocycles. The highest BCUT2D eigenvalue weighted by Gasteiger charge is 2.18. The van der Waals surface area contributed by atoms with Crippen LogP contribution in [0, 0.1) is 11.7 Å². The van der Waals surface area contributed by atoms with Crippen molar-refractivity contribution in [1.29, 1.82) is 0 Å². The fourth-order valence-corrected chi connectivity index (χ4v) is 2.54. The standard InChI is InChI=1S/C15H22FNO/c1-11-6-8-13(17-10-11)9-7-12-4-3-5-14(18-2)15(12)16/h3-5,11,13,17H,6-10H2,1-2H3. The summed E-state index contributed by atoms with van der Waals surface area (Å²) < 4.78 is 18.9. The molecule has 0 bridgehead atoms. The zero-order valence-corrected chi connectivity index (χ0v) is 11.2. The zero-order chi connectivity index (χ0) is 13.0. The van der Waals surface area contributed by atoms with Crippen molar-refractivity contribution in [2.75, 3.05) is 13.7 Å². The zero-order valence-electron chi connectivity index (χ0n) is 11.2. The van der Waals surface area contributed by atoms with Gasteiger partial charge >= 0.3 is 0 Å². The van der Waals surface area contributed by atoms with Crippen LogP contribution in [0.5, 0.6) is 5.75 Å². The Morgan fingerprint density at radius 2 is 2.22 bits per heavy atom. The predicted molar refractivity (Wildman–Crippen MR) is 71.5 cm³/mol. The first kappa shape index (κ1) is 13.3. The van der Waals surface area contributed by atoms with Crippen LogP contribution in [-0.2, 0) is 6.42 Å². The lowest BCUT2D eigenvalue weighted by molar-refractivity contribution is 0.314. The van der Waals surface area contributed by atoms with E-state index in [9.17, 15) is 4.39 Å². The fraction of sp³-hybridized carbons (Fsp3) is 0.600. The van der Waals surface area contributed by atoms with Crippen LogP contribution >= 0.6 is 0 Å². The quantitative estimate of drug-likeness (QED) is 0.887. The topological polar surface area (TPSA) is 21.3 Å². The molecule has 1 heterocycles. The fourth-order valence-electron chi connectivity index (χ4n) is 2.54. The van der Waals surface area contributed by atoms with E-state index >= 15 is 0 Å². The van der Waals surface area contributed by atoms with Gasteiger partial charge in [-0.3, -0.25) is 0 Å². The Kier molecular flexibility index (Phi) is 4.59. The van der Waals surface area contributed by atoms with Crippen molar-refractivity contribution in [2.45, 2.75) is 38.6 Å². The molecule has 0 amide bonds. The summed E-state index contributed by atoms with van der Waals surface area (Å²) in [5.74, 6) is 0.914. The third-order valence-corrected chi connectivity index (χ3v) is 3.79. The number of hydrogen-bond acceptors (Lipinski definition) is 2. The summed E-state index contributed by atoms with van der Waals surface area (Å²) in [4.78, 5) is 0. The molecule has 2 unspecified atom stereocenters. The first-order chi connectivity index (χ1) is 8.70. The van der Waals surface area contributed by atoms with Crippen molar-refractivity contribution in [3.63, 3.8) is 0 Å². The lowest BCUT2D eigenvalue weighted by Gasteiger charge is -2.27. The van der Waals surface area contributed by atoms with Crippen molar-refractivity contribution in [2.24, 2.45) is 5.92 Å². The van der Waals surface area contributed by atoms with Gasteiger partial charge in [0.2, 0.25) is 0 Å². The van der Waals surface area contributed by atoms with Crippen LogP contribution in [0.4, 0.5) is 4.39 Å². The largest absolute Gasteiger partial charge is 0.494 e. The maximum atomic E-state index is 13.9. The number of hydrogen-bond donors (Lipinski definition) is 1. The molecule has 1 aromatic carbocycles. The lowest BCUT2D eigenvalue weighted by atomic mass is 9.92. The van der Waals surface area contributed by atoms with Crippen molar-refractivity contribution in [1.82, 2.24) is 5.32 Å². The van der Waals surface area contributed by atoms with Gasteiger partial charge in [0.1, 0.15) is 0 Å². The first-order valence-corrected chi connectivity index (χ1v) is 6.75. The van der Waals surface area contributed by atoms with Gasteiger partial charge in [-0.25, -0.2) is 4.39 Å². The van der Waals surface area contributed by atoms with Crippen molar-refractivity contribution in [3.8, 4) is 5.75 Å². The van der Waals surface area contributed by atoms with Gasteiger partial charge in [0.15, 0.2) is 11.6 Å². The number of methoxy groups -OCH3 is 1. The van der Waals surface area contributed by atoms with E-state index in [1.807, 2.05) is 12.1 Å². The molecule has 100 valence electrons. The lowest BCUT2D eigenvalue weighted by Crippen LogP contribution is -2.38. The molecule has 0 aromatic heterocycles. The smallest absolute Gasteiger partial charge is 0.168 e. The minimum atomic E-state index is -0.204. The Balaban J connectivity index is 1.90. The van der Waals surface area contributed by atoms with Crippen LogP contribution in [0.15, 0.2) is 18.2 Å². The normalized spacial score (nSPS) is 23.9. The van der Waals surface area contributed by atoms with E-state index in [0.29, 0.717) is 11.8 Å². The third-order valence-electron chi connectivity index (χ3n) is 3.79. The second kappa shape index (κ2) is 6.19. The molecule has 0 saturated carbocycles. The molecule has 1 N–H and O–H groups in total. The number of benzene rings is 1. The Hall–Kier alpha value is -1.09. The van der Waals surface area contributed by atoms with Crippen LogP contribution < -0.4 is 10.1 Å². The molecule has 1 aromatic rings. The van der Waals surface area contributed by atoms with Crippen molar-refractivity contribution >= 4 is 0 Å². The molecule has 0 radical (unpaired) electrons. The molecule has 2 nitrogen and oxygen atoms in total. The van der Waals surface area contributed by atoms with Crippen LogP contribution in [0.2, 0.25) is 0 Å². The Bertz CT molecular complexity index is 386. The molecule has 2 atom stereocenters. The van der Waals surface area contributed by atoms with Gasteiger partial charge in [-0.05, 0) is 49.8 Å². The monoisotopic (exact) mass is 251 g/mol. The van der Waals surface area contributed by atoms with Gasteiger partial charge in [-0.2, -0.15) is 0 Å². The average Bonchev–Trinajstić information content (AvgIpc) is 2.39.